The number of anilines is 1. The lowest BCUT2D eigenvalue weighted by atomic mass is 10.1. The van der Waals surface area contributed by atoms with Crippen molar-refractivity contribution in [1.29, 1.82) is 0 Å². The van der Waals surface area contributed by atoms with Gasteiger partial charge in [-0.05, 0) is 24.7 Å². The van der Waals surface area contributed by atoms with Gasteiger partial charge < -0.3 is 16.2 Å². The van der Waals surface area contributed by atoms with Gasteiger partial charge in [0.15, 0.2) is 0 Å². The first-order valence-corrected chi connectivity index (χ1v) is 7.25. The Hall–Kier alpha value is -1.96. The zero-order chi connectivity index (χ0) is 15.4. The Kier molecular flexibility index (Phi) is 4.89. The molecular weight excluding hydrogens is 314 g/mol. The number of amides is 1. The van der Waals surface area contributed by atoms with Crippen molar-refractivity contribution < 1.29 is 14.7 Å². The number of aromatic carboxylic acids is 1. The molecule has 1 amide bonds. The smallest absolute Gasteiger partial charge is 0.337 e. The fourth-order valence-corrected chi connectivity index (χ4v) is 2.61. The van der Waals surface area contributed by atoms with E-state index in [1.807, 2.05) is 0 Å². The normalized spacial score (nSPS) is 10.4. The molecular formula is C13H12ClN3O3S. The van der Waals surface area contributed by atoms with E-state index in [2.05, 4.69) is 10.3 Å². The highest BCUT2D eigenvalue weighted by atomic mass is 35.5. The van der Waals surface area contributed by atoms with E-state index in [1.165, 1.54) is 29.5 Å². The molecule has 4 N–H and O–H groups in total. The van der Waals surface area contributed by atoms with E-state index < -0.39 is 11.9 Å². The van der Waals surface area contributed by atoms with Gasteiger partial charge in [-0.2, -0.15) is 0 Å². The van der Waals surface area contributed by atoms with Crippen LogP contribution in [0.15, 0.2) is 23.6 Å². The maximum Gasteiger partial charge on any atom is 0.337 e. The molecule has 2 aromatic rings. The Labute approximate surface area is 129 Å². The minimum atomic E-state index is -1.15. The number of benzene rings is 1. The summed E-state index contributed by atoms with van der Waals surface area (Å²) < 4.78 is 0. The van der Waals surface area contributed by atoms with Crippen LogP contribution in [0.2, 0.25) is 5.02 Å². The third-order valence-electron chi connectivity index (χ3n) is 2.60. The second kappa shape index (κ2) is 6.66. The van der Waals surface area contributed by atoms with E-state index >= 15 is 0 Å². The number of carbonyl (C=O) groups is 2. The first-order chi connectivity index (χ1) is 10.0. The van der Waals surface area contributed by atoms with Gasteiger partial charge in [-0.3, -0.25) is 4.79 Å². The van der Waals surface area contributed by atoms with Gasteiger partial charge in [0.05, 0.1) is 16.3 Å². The molecule has 0 spiro atoms. The van der Waals surface area contributed by atoms with Crippen LogP contribution in [0.5, 0.6) is 0 Å². The van der Waals surface area contributed by atoms with E-state index in [0.717, 1.165) is 5.01 Å². The summed E-state index contributed by atoms with van der Waals surface area (Å²) in [6, 6.07) is 4.17. The number of hydrogen-bond acceptors (Lipinski definition) is 5. The molecule has 1 heterocycles. The summed E-state index contributed by atoms with van der Waals surface area (Å²) in [6.45, 7) is 0.450. The highest BCUT2D eigenvalue weighted by molar-refractivity contribution is 7.09. The zero-order valence-electron chi connectivity index (χ0n) is 10.8. The van der Waals surface area contributed by atoms with Crippen LogP contribution >= 0.6 is 22.9 Å². The van der Waals surface area contributed by atoms with Gasteiger partial charge in [0.2, 0.25) is 0 Å². The van der Waals surface area contributed by atoms with E-state index in [9.17, 15) is 9.59 Å². The Morgan fingerprint density at radius 1 is 1.43 bits per heavy atom. The third-order valence-corrected chi connectivity index (χ3v) is 3.75. The molecule has 1 aromatic carbocycles. The number of hydrogen-bond donors (Lipinski definition) is 3. The van der Waals surface area contributed by atoms with Gasteiger partial charge in [-0.25, -0.2) is 9.78 Å². The first-order valence-electron chi connectivity index (χ1n) is 6.00. The second-order valence-electron chi connectivity index (χ2n) is 4.11. The predicted octanol–water partition coefficient (Wildman–Crippen LogP) is 2.25. The molecule has 0 aliphatic rings. The molecule has 6 nitrogen and oxygen atoms in total. The molecule has 110 valence electrons. The molecule has 0 radical (unpaired) electrons. The third kappa shape index (κ3) is 3.78. The molecule has 21 heavy (non-hydrogen) atoms. The molecule has 0 unspecified atom stereocenters. The number of aromatic nitrogens is 1. The van der Waals surface area contributed by atoms with Gasteiger partial charge in [-0.1, -0.05) is 11.6 Å². The van der Waals surface area contributed by atoms with Crippen LogP contribution in [0.1, 0.15) is 25.9 Å². The van der Waals surface area contributed by atoms with Gasteiger partial charge in [-0.15, -0.1) is 11.3 Å². The lowest BCUT2D eigenvalue weighted by molar-refractivity contribution is 0.0698. The average Bonchev–Trinajstić information content (AvgIpc) is 2.87. The molecule has 0 saturated carbocycles. The van der Waals surface area contributed by atoms with Crippen LogP contribution in [0.3, 0.4) is 0 Å². The minimum Gasteiger partial charge on any atom is -0.478 e. The monoisotopic (exact) mass is 325 g/mol. The van der Waals surface area contributed by atoms with Crippen molar-refractivity contribution in [3.8, 4) is 0 Å². The number of nitrogens with one attached hydrogen (secondary N) is 1. The first kappa shape index (κ1) is 15.4. The second-order valence-corrected chi connectivity index (χ2v) is 5.49. The molecule has 0 aliphatic heterocycles. The van der Waals surface area contributed by atoms with Gasteiger partial charge >= 0.3 is 5.97 Å². The van der Waals surface area contributed by atoms with Crippen molar-refractivity contribution in [3.63, 3.8) is 0 Å². The van der Waals surface area contributed by atoms with Crippen molar-refractivity contribution in [3.05, 3.63) is 44.9 Å². The van der Waals surface area contributed by atoms with Crippen molar-refractivity contribution in [2.45, 2.75) is 6.42 Å². The molecule has 0 aliphatic carbocycles. The number of halogens is 1. The summed E-state index contributed by atoms with van der Waals surface area (Å²) in [4.78, 5) is 27.3. The number of thiazole rings is 1. The molecule has 0 fully saturated rings. The van der Waals surface area contributed by atoms with E-state index in [4.69, 9.17) is 22.4 Å². The number of carboxylic acid groups (broad SMARTS) is 1. The van der Waals surface area contributed by atoms with Crippen LogP contribution in [0.4, 0.5) is 5.69 Å². The summed E-state index contributed by atoms with van der Waals surface area (Å²) in [5, 5.41) is 14.3. The Bertz CT molecular complexity index is 687. The molecule has 0 atom stereocenters. The predicted molar refractivity (Wildman–Crippen MR) is 81.2 cm³/mol. The van der Waals surface area contributed by atoms with Crippen LogP contribution in [0.25, 0.3) is 0 Å². The number of nitrogens with zero attached hydrogens (tertiary/aromatic N) is 1. The van der Waals surface area contributed by atoms with E-state index in [1.54, 1.807) is 5.38 Å². The number of nitrogens with two attached hydrogens (primary N) is 1. The highest BCUT2D eigenvalue weighted by Gasteiger charge is 2.16. The molecule has 1 aromatic heterocycles. The lowest BCUT2D eigenvalue weighted by Gasteiger charge is -2.07. The van der Waals surface area contributed by atoms with Crippen molar-refractivity contribution >= 4 is 40.5 Å². The maximum absolute atomic E-state index is 12.1. The van der Waals surface area contributed by atoms with Crippen molar-refractivity contribution in [2.75, 3.05) is 11.9 Å². The maximum atomic E-state index is 12.1. The van der Waals surface area contributed by atoms with Crippen LogP contribution < -0.4 is 11.1 Å². The van der Waals surface area contributed by atoms with E-state index in [-0.39, 0.29) is 16.9 Å². The fraction of sp³-hybridized carbons (Fsp3) is 0.154. The number of rotatable bonds is 5. The Morgan fingerprint density at radius 2 is 2.19 bits per heavy atom. The summed E-state index contributed by atoms with van der Waals surface area (Å²) in [7, 11) is 0. The molecule has 0 bridgehead atoms. The molecule has 0 saturated heterocycles. The number of carbonyl (C=O) groups excluding carboxylic acids is 1. The minimum absolute atomic E-state index is 0.0369. The highest BCUT2D eigenvalue weighted by Crippen LogP contribution is 2.22. The average molecular weight is 326 g/mol. The number of carboxylic acids is 1. The van der Waals surface area contributed by atoms with Crippen molar-refractivity contribution in [2.24, 2.45) is 5.73 Å². The van der Waals surface area contributed by atoms with Crippen LogP contribution in [-0.4, -0.2) is 28.5 Å². The zero-order valence-corrected chi connectivity index (χ0v) is 12.4. The fourth-order valence-electron chi connectivity index (χ4n) is 1.65. The molecule has 8 heteroatoms. The van der Waals surface area contributed by atoms with Gasteiger partial charge in [0, 0.05) is 16.8 Å². The van der Waals surface area contributed by atoms with Gasteiger partial charge in [0.1, 0.15) is 5.69 Å². The summed E-state index contributed by atoms with van der Waals surface area (Å²) in [5.41, 5.74) is 5.74. The van der Waals surface area contributed by atoms with Crippen LogP contribution in [0, 0.1) is 0 Å². The topological polar surface area (TPSA) is 105 Å². The summed E-state index contributed by atoms with van der Waals surface area (Å²) >= 11 is 7.16. The van der Waals surface area contributed by atoms with E-state index in [0.29, 0.717) is 18.0 Å². The molecule has 2 rings (SSSR count). The summed E-state index contributed by atoms with van der Waals surface area (Å²) in [5.74, 6) is -1.64. The summed E-state index contributed by atoms with van der Waals surface area (Å²) in [6.07, 6.45) is 0.593. The standard InChI is InChI=1S/C13H12ClN3O3S/c14-7-1-2-8(13(19)20)9(5-7)17-12(18)10-6-21-11(16-10)3-4-15/h1-2,5-6H,3-4,15H2,(H,17,18)(H,19,20). The van der Waals surface area contributed by atoms with Gasteiger partial charge in [0.25, 0.3) is 5.91 Å². The SMILES string of the molecule is NCCc1nc(C(=O)Nc2cc(Cl)ccc2C(=O)O)cs1. The Balaban J connectivity index is 2.22. The van der Waals surface area contributed by atoms with Crippen LogP contribution in [-0.2, 0) is 6.42 Å². The largest absolute Gasteiger partial charge is 0.478 e. The Morgan fingerprint density at radius 3 is 2.86 bits per heavy atom. The lowest BCUT2D eigenvalue weighted by Crippen LogP contribution is -2.15. The quantitative estimate of drug-likeness (QED) is 0.782. The van der Waals surface area contributed by atoms with Crippen molar-refractivity contribution in [1.82, 2.24) is 4.98 Å².